The molecule has 0 fully saturated rings. The van der Waals surface area contributed by atoms with Crippen LogP contribution in [0.15, 0.2) is 0 Å². The molecule has 0 aromatic carbocycles. The summed E-state index contributed by atoms with van der Waals surface area (Å²) in [7, 11) is 0. The van der Waals surface area contributed by atoms with Gasteiger partial charge in [0.25, 0.3) is 0 Å². The standard InChI is InChI=1S/C71HN/c1-2-3-4-5-6-7-8-9-10-11-12-13-14-15-16-17-18-19-20-21-22-23-24-25-26-27-28-29-30-31-32-33-34-35-36-37-38-39-40-41-42-43-44-45-46-47-48-49-50-51-52-53-54-55-56-57-58-59-60-61-62-63-64-65-66-67-68-69-70-71-72/h1H. The number of nitriles is 1. The van der Waals surface area contributed by atoms with E-state index < -0.39 is 0 Å². The Hall–Kier alpha value is -15.9. The summed E-state index contributed by atoms with van der Waals surface area (Å²) in [6.45, 7) is 0. The van der Waals surface area contributed by atoms with Gasteiger partial charge in [-0.1, -0.05) is 0 Å². The third-order valence-electron chi connectivity index (χ3n) is 4.32. The average Bonchev–Trinajstić information content (AvgIpc) is 3.39. The summed E-state index contributed by atoms with van der Waals surface area (Å²) < 4.78 is 0. The van der Waals surface area contributed by atoms with E-state index in [4.69, 9.17) is 11.7 Å². The van der Waals surface area contributed by atoms with Crippen molar-refractivity contribution in [2.75, 3.05) is 0 Å². The molecule has 0 heterocycles. The molecule has 0 saturated carbocycles. The van der Waals surface area contributed by atoms with Crippen molar-refractivity contribution in [3.05, 3.63) is 0 Å². The van der Waals surface area contributed by atoms with E-state index in [9.17, 15) is 0 Å². The number of hydrogen-bond acceptors (Lipinski definition) is 1. The number of hydrogen-bond donors (Lipinski definition) is 0. The topological polar surface area (TPSA) is 23.8 Å². The summed E-state index contributed by atoms with van der Waals surface area (Å²) >= 11 is 0. The van der Waals surface area contributed by atoms with E-state index in [1.807, 2.05) is 0 Å². The molecule has 0 atom stereocenters. The highest BCUT2D eigenvalue weighted by molar-refractivity contribution is 5.53. The third-order valence-corrected chi connectivity index (χ3v) is 4.32. The Balaban J connectivity index is 4.61. The molecule has 0 saturated heterocycles. The SMILES string of the molecule is C#CC#CC#CC#CC#CC#CC#CC#CC#CC#CC#CC#CC#CC#CC#CC#CC#CC#CC#CC#CC#CC#CC#CC#CC#CC#CC#CC#CC#CC#CC#CC#CC#CC#CC#CC#N. The molecule has 0 aromatic rings. The number of rotatable bonds is 0. The maximum Gasteiger partial charge on any atom is 0.153 e. The zero-order valence-corrected chi connectivity index (χ0v) is 36.0. The van der Waals surface area contributed by atoms with Gasteiger partial charge >= 0.3 is 0 Å². The Morgan fingerprint density at radius 3 is 0.250 bits per heavy atom. The van der Waals surface area contributed by atoms with Crippen LogP contribution in [0.2, 0.25) is 0 Å². The van der Waals surface area contributed by atoms with Gasteiger partial charge in [-0.25, -0.2) is 0 Å². The highest BCUT2D eigenvalue weighted by Gasteiger charge is 1.64. The average molecular weight is 868 g/mol. The molecule has 0 aliphatic rings. The maximum absolute atomic E-state index is 8.21. The van der Waals surface area contributed by atoms with Gasteiger partial charge in [-0.15, -0.1) is 6.42 Å². The summed E-state index contributed by atoms with van der Waals surface area (Å²) in [4.78, 5) is 0. The van der Waals surface area contributed by atoms with Crippen molar-refractivity contribution >= 4 is 0 Å². The minimum absolute atomic E-state index is 1.62. The monoisotopic (exact) mass is 867 g/mol. The van der Waals surface area contributed by atoms with Crippen molar-refractivity contribution in [3.8, 4) is 421 Å². The molecular weight excluding hydrogens is 867 g/mol. The van der Waals surface area contributed by atoms with Crippen LogP contribution >= 0.6 is 0 Å². The van der Waals surface area contributed by atoms with Crippen LogP contribution in [-0.4, -0.2) is 0 Å². The molecule has 0 radical (unpaired) electrons. The van der Waals surface area contributed by atoms with Crippen LogP contribution in [0.3, 0.4) is 0 Å². The second kappa shape index (κ2) is 55.1. The van der Waals surface area contributed by atoms with Gasteiger partial charge in [0.05, 0.1) is 0 Å². The normalized spacial score (nSPS) is 3.92. The first-order valence-corrected chi connectivity index (χ1v) is 17.8. The van der Waals surface area contributed by atoms with Crippen molar-refractivity contribution < 1.29 is 0 Å². The highest BCUT2D eigenvalue weighted by Crippen LogP contribution is 1.64. The molecule has 0 rings (SSSR count). The van der Waals surface area contributed by atoms with Crippen LogP contribution in [0.25, 0.3) is 0 Å². The minimum Gasteiger partial charge on any atom is -0.183 e. The van der Waals surface area contributed by atoms with Gasteiger partial charge in [0.1, 0.15) is 0 Å². The second-order valence-corrected chi connectivity index (χ2v) is 8.76. The van der Waals surface area contributed by atoms with E-state index >= 15 is 0 Å². The lowest BCUT2D eigenvalue weighted by molar-refractivity contribution is 1.55. The number of terminal acetylenes is 1. The molecular formula is C71HN. The first-order valence-electron chi connectivity index (χ1n) is 17.8. The summed E-state index contributed by atoms with van der Waals surface area (Å²) in [6, 6.07) is 1.62. The molecule has 0 N–H and O–H groups in total. The Morgan fingerprint density at radius 1 is 0.111 bits per heavy atom. The molecule has 0 amide bonds. The highest BCUT2D eigenvalue weighted by atomic mass is 14.2. The Kier molecular flexibility index (Phi) is 42.9. The summed E-state index contributed by atoms with van der Waals surface area (Å²) in [6.07, 6.45) is 4.95. The van der Waals surface area contributed by atoms with E-state index in [0.717, 1.165) is 0 Å². The molecule has 72 heavy (non-hydrogen) atoms. The predicted molar refractivity (Wildman–Crippen MR) is 279 cm³/mol. The summed E-state index contributed by atoms with van der Waals surface area (Å²) in [5.74, 6) is 170. The largest absolute Gasteiger partial charge is 0.183 e. The van der Waals surface area contributed by atoms with E-state index in [0.29, 0.717) is 0 Å². The molecule has 0 unspecified atom stereocenters. The summed E-state index contributed by atoms with van der Waals surface area (Å²) in [5.41, 5.74) is 0. The lowest BCUT2D eigenvalue weighted by Crippen LogP contribution is -1.57. The first-order chi connectivity index (χ1) is 35.9. The van der Waals surface area contributed by atoms with E-state index in [-0.39, 0.29) is 0 Å². The van der Waals surface area contributed by atoms with Gasteiger partial charge in [0.2, 0.25) is 0 Å². The molecule has 0 aromatic heterocycles. The van der Waals surface area contributed by atoms with E-state index in [1.165, 1.54) is 0 Å². The van der Waals surface area contributed by atoms with Gasteiger partial charge in [-0.05, 0) is 47.4 Å². The van der Waals surface area contributed by atoms with E-state index in [1.54, 1.807) is 6.07 Å². The van der Waals surface area contributed by atoms with Gasteiger partial charge in [-0.2, -0.15) is 5.26 Å². The van der Waals surface area contributed by atoms with Crippen LogP contribution in [0, 0.1) is 426 Å². The predicted octanol–water partition coefficient (Wildman–Crippen LogP) is 0.259. The van der Waals surface area contributed by atoms with Gasteiger partial charge in [0.15, 0.2) is 6.07 Å². The molecule has 0 spiro atoms. The molecule has 0 aliphatic carbocycles. The quantitative estimate of drug-likeness (QED) is 0.321. The maximum atomic E-state index is 8.21. The van der Waals surface area contributed by atoms with Gasteiger partial charge in [-0.3, -0.25) is 0 Å². The smallest absolute Gasteiger partial charge is 0.153 e. The van der Waals surface area contributed by atoms with Crippen molar-refractivity contribution in [1.29, 1.82) is 5.26 Å². The van der Waals surface area contributed by atoms with Crippen molar-refractivity contribution in [2.24, 2.45) is 0 Å². The zero-order valence-electron chi connectivity index (χ0n) is 36.0. The number of nitrogens with zero attached hydrogens (tertiary/aromatic N) is 1. The van der Waals surface area contributed by atoms with Crippen molar-refractivity contribution in [3.63, 3.8) is 0 Å². The van der Waals surface area contributed by atoms with Crippen molar-refractivity contribution in [2.45, 2.75) is 0 Å². The Bertz CT molecular complexity index is 4470. The summed E-state index contributed by atoms with van der Waals surface area (Å²) in [5, 5.41) is 8.21. The molecule has 0 aliphatic heterocycles. The lowest BCUT2D eigenvalue weighted by Gasteiger charge is -1.57. The fourth-order valence-corrected chi connectivity index (χ4v) is 2.13. The Morgan fingerprint density at radius 2 is 0.181 bits per heavy atom. The lowest BCUT2D eigenvalue weighted by atomic mass is 10.4. The zero-order chi connectivity index (χ0) is 51.5. The first kappa shape index (κ1) is 56.1. The molecule has 1 heteroatoms. The fourth-order valence-electron chi connectivity index (χ4n) is 2.13. The van der Waals surface area contributed by atoms with Crippen LogP contribution in [0.5, 0.6) is 0 Å². The molecule has 0 bridgehead atoms. The van der Waals surface area contributed by atoms with Gasteiger partial charge in [0, 0.05) is 361 Å². The van der Waals surface area contributed by atoms with E-state index in [2.05, 4.69) is 409 Å². The van der Waals surface area contributed by atoms with Crippen LogP contribution in [0.1, 0.15) is 0 Å². The van der Waals surface area contributed by atoms with Crippen LogP contribution in [-0.2, 0) is 0 Å². The minimum atomic E-state index is 1.62. The molecule has 290 valence electrons. The second-order valence-electron chi connectivity index (χ2n) is 8.76. The van der Waals surface area contributed by atoms with Crippen LogP contribution in [0.4, 0.5) is 0 Å². The molecule has 1 nitrogen and oxygen atoms in total. The fraction of sp³-hybridized carbons (Fsp3) is 0. The third kappa shape index (κ3) is 54.1. The van der Waals surface area contributed by atoms with Crippen LogP contribution < -0.4 is 0 Å². The van der Waals surface area contributed by atoms with Crippen molar-refractivity contribution in [1.82, 2.24) is 0 Å². The van der Waals surface area contributed by atoms with Gasteiger partial charge < -0.3 is 0 Å². The Labute approximate surface area is 424 Å².